The summed E-state index contributed by atoms with van der Waals surface area (Å²) in [6, 6.07) is 5.06. The third-order valence-electron chi connectivity index (χ3n) is 3.37. The van der Waals surface area contributed by atoms with Gasteiger partial charge in [-0.1, -0.05) is 12.1 Å². The summed E-state index contributed by atoms with van der Waals surface area (Å²) in [6.45, 7) is 7.06. The first-order valence-electron chi connectivity index (χ1n) is 6.52. The van der Waals surface area contributed by atoms with Crippen molar-refractivity contribution in [2.75, 3.05) is 24.3 Å². The zero-order chi connectivity index (χ0) is 14.8. The maximum atomic E-state index is 11.0. The number of hydrogen-bond donors (Lipinski definition) is 2. The van der Waals surface area contributed by atoms with Crippen LogP contribution in [0.4, 0.5) is 11.4 Å². The molecule has 2 rings (SSSR count). The van der Waals surface area contributed by atoms with Gasteiger partial charge in [-0.25, -0.2) is 0 Å². The van der Waals surface area contributed by atoms with Crippen molar-refractivity contribution in [3.8, 4) is 0 Å². The number of thioether (sulfide) groups is 1. The number of hydrazine groups is 1. The van der Waals surface area contributed by atoms with Gasteiger partial charge < -0.3 is 5.43 Å². The zero-order valence-corrected chi connectivity index (χ0v) is 12.6. The molecular formula is C13H20N4O2S. The van der Waals surface area contributed by atoms with Gasteiger partial charge in [0.2, 0.25) is 0 Å². The molecule has 6 nitrogen and oxygen atoms in total. The Balaban J connectivity index is 2.21. The number of para-hydroxylation sites is 1. The number of nitrogens with two attached hydrogens (primary N) is 1. The lowest BCUT2D eigenvalue weighted by molar-refractivity contribution is -0.384. The second kappa shape index (κ2) is 5.99. The number of nitrogen functional groups attached to an aromatic ring is 1. The molecule has 1 aliphatic heterocycles. The van der Waals surface area contributed by atoms with Crippen LogP contribution in [-0.4, -0.2) is 33.4 Å². The quantitative estimate of drug-likeness (QED) is 0.503. The number of nitrogens with zero attached hydrogens (tertiary/aromatic N) is 2. The van der Waals surface area contributed by atoms with E-state index in [9.17, 15) is 10.1 Å². The van der Waals surface area contributed by atoms with Gasteiger partial charge in [0.05, 0.1) is 4.92 Å². The van der Waals surface area contributed by atoms with Gasteiger partial charge in [-0.15, -0.1) is 0 Å². The molecule has 0 amide bonds. The molecule has 1 fully saturated rings. The van der Waals surface area contributed by atoms with Crippen LogP contribution in [0.25, 0.3) is 0 Å². The van der Waals surface area contributed by atoms with E-state index >= 15 is 0 Å². The van der Waals surface area contributed by atoms with Crippen LogP contribution >= 0.6 is 11.8 Å². The summed E-state index contributed by atoms with van der Waals surface area (Å²) in [5.74, 6) is 6.55. The van der Waals surface area contributed by atoms with E-state index in [1.54, 1.807) is 6.07 Å². The number of benzene rings is 1. The van der Waals surface area contributed by atoms with E-state index in [-0.39, 0.29) is 10.4 Å². The molecule has 0 bridgehead atoms. The van der Waals surface area contributed by atoms with Crippen LogP contribution in [0.15, 0.2) is 18.2 Å². The van der Waals surface area contributed by atoms with Crippen molar-refractivity contribution in [3.05, 3.63) is 33.9 Å². The highest BCUT2D eigenvalue weighted by Crippen LogP contribution is 2.32. The lowest BCUT2D eigenvalue weighted by Crippen LogP contribution is -2.42. The minimum Gasteiger partial charge on any atom is -0.318 e. The standard InChI is InChI=1S/C13H20N4O2S/c1-13(2)9-16(6-7-20-13)8-10-4-3-5-11(17(18)19)12(10)15-14/h3-5,15H,6-9,14H2,1-2H3. The van der Waals surface area contributed by atoms with E-state index in [0.717, 1.165) is 24.4 Å². The topological polar surface area (TPSA) is 84.4 Å². The fourth-order valence-corrected chi connectivity index (χ4v) is 3.70. The predicted octanol–water partition coefficient (Wildman–Crippen LogP) is 2.21. The highest BCUT2D eigenvalue weighted by Gasteiger charge is 2.28. The van der Waals surface area contributed by atoms with Crippen molar-refractivity contribution in [2.24, 2.45) is 5.84 Å². The maximum Gasteiger partial charge on any atom is 0.293 e. The van der Waals surface area contributed by atoms with E-state index in [4.69, 9.17) is 5.84 Å². The Morgan fingerprint density at radius 1 is 1.55 bits per heavy atom. The average Bonchev–Trinajstić information content (AvgIpc) is 2.37. The Labute approximate surface area is 122 Å². The summed E-state index contributed by atoms with van der Waals surface area (Å²) in [4.78, 5) is 12.9. The monoisotopic (exact) mass is 296 g/mol. The Bertz CT molecular complexity index is 507. The first-order valence-corrected chi connectivity index (χ1v) is 7.51. The smallest absolute Gasteiger partial charge is 0.293 e. The van der Waals surface area contributed by atoms with Crippen LogP contribution < -0.4 is 11.3 Å². The molecule has 0 atom stereocenters. The summed E-state index contributed by atoms with van der Waals surface area (Å²) >= 11 is 1.96. The van der Waals surface area contributed by atoms with Gasteiger partial charge in [0, 0.05) is 36.2 Å². The molecule has 0 radical (unpaired) electrons. The van der Waals surface area contributed by atoms with Gasteiger partial charge in [0.15, 0.2) is 0 Å². The molecule has 0 aliphatic carbocycles. The molecule has 1 aromatic rings. The molecule has 0 spiro atoms. The number of rotatable bonds is 4. The molecule has 0 saturated carbocycles. The molecule has 1 aromatic carbocycles. The minimum absolute atomic E-state index is 0.0237. The second-order valence-corrected chi connectivity index (χ2v) is 7.33. The lowest BCUT2D eigenvalue weighted by Gasteiger charge is -2.37. The Hall–Kier alpha value is -1.31. The summed E-state index contributed by atoms with van der Waals surface area (Å²) in [7, 11) is 0. The van der Waals surface area contributed by atoms with Crippen molar-refractivity contribution in [1.82, 2.24) is 4.90 Å². The third-order valence-corrected chi connectivity index (χ3v) is 4.67. The minimum atomic E-state index is -0.408. The van der Waals surface area contributed by atoms with Gasteiger partial charge >= 0.3 is 0 Å². The molecule has 3 N–H and O–H groups in total. The molecular weight excluding hydrogens is 276 g/mol. The first kappa shape index (κ1) is 15.1. The van der Waals surface area contributed by atoms with E-state index in [1.807, 2.05) is 17.8 Å². The van der Waals surface area contributed by atoms with Crippen LogP contribution in [0.3, 0.4) is 0 Å². The summed E-state index contributed by atoms with van der Waals surface area (Å²) in [6.07, 6.45) is 0. The SMILES string of the molecule is CC1(C)CN(Cc2cccc([N+](=O)[O-])c2NN)CCS1. The largest absolute Gasteiger partial charge is 0.318 e. The molecule has 1 aliphatic rings. The van der Waals surface area contributed by atoms with Crippen molar-refractivity contribution in [1.29, 1.82) is 0 Å². The highest BCUT2D eigenvalue weighted by molar-refractivity contribution is 8.00. The Morgan fingerprint density at radius 3 is 2.90 bits per heavy atom. The summed E-state index contributed by atoms with van der Waals surface area (Å²) in [5.41, 5.74) is 3.78. The van der Waals surface area contributed by atoms with E-state index in [2.05, 4.69) is 24.2 Å². The fraction of sp³-hybridized carbons (Fsp3) is 0.538. The lowest BCUT2D eigenvalue weighted by atomic mass is 10.1. The molecule has 0 unspecified atom stereocenters. The molecule has 20 heavy (non-hydrogen) atoms. The fourth-order valence-electron chi connectivity index (χ4n) is 2.53. The van der Waals surface area contributed by atoms with Crippen LogP contribution in [0, 0.1) is 10.1 Å². The second-order valence-electron chi connectivity index (χ2n) is 5.53. The van der Waals surface area contributed by atoms with Crippen LogP contribution in [0.1, 0.15) is 19.4 Å². The average molecular weight is 296 g/mol. The first-order chi connectivity index (χ1) is 9.43. The van der Waals surface area contributed by atoms with Crippen LogP contribution in [-0.2, 0) is 6.54 Å². The molecule has 110 valence electrons. The third kappa shape index (κ3) is 3.41. The van der Waals surface area contributed by atoms with Crippen molar-refractivity contribution < 1.29 is 4.92 Å². The Kier molecular flexibility index (Phi) is 4.52. The van der Waals surface area contributed by atoms with E-state index < -0.39 is 4.92 Å². The van der Waals surface area contributed by atoms with Gasteiger partial charge in [-0.3, -0.25) is 20.9 Å². The van der Waals surface area contributed by atoms with Gasteiger partial charge in [-0.2, -0.15) is 11.8 Å². The number of anilines is 1. The van der Waals surface area contributed by atoms with Gasteiger partial charge in [0.1, 0.15) is 5.69 Å². The number of nitro groups is 1. The van der Waals surface area contributed by atoms with E-state index in [1.165, 1.54) is 6.07 Å². The summed E-state index contributed by atoms with van der Waals surface area (Å²) < 4.78 is 0.218. The normalized spacial score (nSPS) is 18.8. The molecule has 7 heteroatoms. The van der Waals surface area contributed by atoms with Gasteiger partial charge in [0.25, 0.3) is 5.69 Å². The number of hydrogen-bond acceptors (Lipinski definition) is 6. The maximum absolute atomic E-state index is 11.0. The van der Waals surface area contributed by atoms with E-state index in [0.29, 0.717) is 12.2 Å². The molecule has 0 aromatic heterocycles. The highest BCUT2D eigenvalue weighted by atomic mass is 32.2. The van der Waals surface area contributed by atoms with Crippen molar-refractivity contribution >= 4 is 23.1 Å². The molecule has 1 saturated heterocycles. The van der Waals surface area contributed by atoms with Crippen LogP contribution in [0.5, 0.6) is 0 Å². The summed E-state index contributed by atoms with van der Waals surface area (Å²) in [5, 5.41) is 11.0. The number of nitro benzene ring substituents is 1. The zero-order valence-electron chi connectivity index (χ0n) is 11.8. The van der Waals surface area contributed by atoms with Gasteiger partial charge in [-0.05, 0) is 19.4 Å². The number of nitrogens with one attached hydrogen (secondary N) is 1. The predicted molar refractivity (Wildman–Crippen MR) is 82.7 cm³/mol. The Morgan fingerprint density at radius 2 is 2.30 bits per heavy atom. The van der Waals surface area contributed by atoms with Crippen molar-refractivity contribution in [2.45, 2.75) is 25.1 Å². The van der Waals surface area contributed by atoms with Crippen molar-refractivity contribution in [3.63, 3.8) is 0 Å². The van der Waals surface area contributed by atoms with Crippen LogP contribution in [0.2, 0.25) is 0 Å². The molecule has 1 heterocycles.